The smallest absolute Gasteiger partial charge is 0.288 e. The number of aromatic nitrogens is 3. The molecule has 2 heterocycles. The molecule has 2 aromatic carbocycles. The Kier molecular flexibility index (Phi) is 4.35. The molecule has 4 N–H and O–H groups in total. The van der Waals surface area contributed by atoms with Crippen molar-refractivity contribution >= 4 is 16.7 Å². The number of aromatic amines is 2. The van der Waals surface area contributed by atoms with Gasteiger partial charge in [0.15, 0.2) is 17.4 Å². The third-order valence-electron chi connectivity index (χ3n) is 4.65. The number of nitrogens with two attached hydrogens (primary N) is 1. The quantitative estimate of drug-likeness (QED) is 0.485. The number of hydrogen-bond acceptors (Lipinski definition) is 4. The zero-order valence-electron chi connectivity index (χ0n) is 15.4. The summed E-state index contributed by atoms with van der Waals surface area (Å²) in [5.74, 6) is 0.714. The molecule has 0 aliphatic carbocycles. The Labute approximate surface area is 160 Å². The highest BCUT2D eigenvalue weighted by atomic mass is 19.1. The Morgan fingerprint density at radius 2 is 1.89 bits per heavy atom. The lowest BCUT2D eigenvalue weighted by Gasteiger charge is -2.14. The van der Waals surface area contributed by atoms with Crippen molar-refractivity contribution in [2.24, 2.45) is 0 Å². The van der Waals surface area contributed by atoms with Crippen LogP contribution in [0.5, 0.6) is 11.5 Å². The molecule has 0 radical (unpaired) electrons. The van der Waals surface area contributed by atoms with E-state index in [1.54, 1.807) is 24.4 Å². The molecule has 4 rings (SSSR count). The lowest BCUT2D eigenvalue weighted by Crippen LogP contribution is -2.10. The molecular weight excluding hydrogens is 359 g/mol. The summed E-state index contributed by atoms with van der Waals surface area (Å²) in [7, 11) is 0. The zero-order chi connectivity index (χ0) is 19.8. The molecule has 7 heteroatoms. The van der Waals surface area contributed by atoms with Gasteiger partial charge in [-0.15, -0.1) is 0 Å². The van der Waals surface area contributed by atoms with Gasteiger partial charge in [-0.2, -0.15) is 5.10 Å². The number of para-hydroxylation sites is 1. The number of nitrogens with one attached hydrogen (secondary N) is 2. The molecule has 6 nitrogen and oxygen atoms in total. The van der Waals surface area contributed by atoms with Crippen LogP contribution in [0.2, 0.25) is 0 Å². The number of H-pyrrole nitrogens is 2. The van der Waals surface area contributed by atoms with E-state index in [9.17, 15) is 9.18 Å². The van der Waals surface area contributed by atoms with Crippen molar-refractivity contribution in [2.45, 2.75) is 19.8 Å². The van der Waals surface area contributed by atoms with Gasteiger partial charge in [-0.1, -0.05) is 38.1 Å². The maximum atomic E-state index is 14.3. The molecule has 4 aromatic rings. The van der Waals surface area contributed by atoms with Crippen molar-refractivity contribution in [3.63, 3.8) is 0 Å². The number of rotatable bonds is 4. The van der Waals surface area contributed by atoms with Gasteiger partial charge in [0.1, 0.15) is 11.3 Å². The lowest BCUT2D eigenvalue weighted by atomic mass is 10.0. The minimum Gasteiger partial charge on any atom is -0.454 e. The summed E-state index contributed by atoms with van der Waals surface area (Å²) in [4.78, 5) is 14.8. The minimum absolute atomic E-state index is 0.129. The summed E-state index contributed by atoms with van der Waals surface area (Å²) < 4.78 is 20.1. The summed E-state index contributed by atoms with van der Waals surface area (Å²) in [6.07, 6.45) is 1.71. The van der Waals surface area contributed by atoms with Gasteiger partial charge in [0.25, 0.3) is 5.56 Å². The minimum atomic E-state index is -0.398. The maximum Gasteiger partial charge on any atom is 0.288 e. The number of halogens is 1. The normalized spacial score (nSPS) is 11.3. The van der Waals surface area contributed by atoms with E-state index in [1.807, 2.05) is 32.0 Å². The summed E-state index contributed by atoms with van der Waals surface area (Å²) in [5.41, 5.74) is 8.36. The largest absolute Gasteiger partial charge is 0.454 e. The van der Waals surface area contributed by atoms with Crippen molar-refractivity contribution in [3.8, 4) is 22.6 Å². The molecule has 28 heavy (non-hydrogen) atoms. The van der Waals surface area contributed by atoms with Gasteiger partial charge >= 0.3 is 0 Å². The second kappa shape index (κ2) is 6.84. The molecule has 0 amide bonds. The van der Waals surface area contributed by atoms with Gasteiger partial charge < -0.3 is 15.5 Å². The summed E-state index contributed by atoms with van der Waals surface area (Å²) in [6.45, 7) is 3.98. The first-order chi connectivity index (χ1) is 13.5. The number of nitrogens with zero attached hydrogens (tertiary/aromatic N) is 1. The Balaban J connectivity index is 1.70. The van der Waals surface area contributed by atoms with E-state index in [2.05, 4.69) is 15.2 Å². The molecule has 2 aromatic heterocycles. The average molecular weight is 378 g/mol. The van der Waals surface area contributed by atoms with Crippen LogP contribution in [-0.2, 0) is 0 Å². The van der Waals surface area contributed by atoms with Crippen molar-refractivity contribution in [2.75, 3.05) is 5.73 Å². The number of anilines is 1. The fourth-order valence-electron chi connectivity index (χ4n) is 3.23. The first-order valence-electron chi connectivity index (χ1n) is 8.87. The summed E-state index contributed by atoms with van der Waals surface area (Å²) >= 11 is 0. The van der Waals surface area contributed by atoms with Crippen LogP contribution in [0.25, 0.3) is 22.0 Å². The number of ether oxygens (including phenoxy) is 1. The van der Waals surface area contributed by atoms with Crippen LogP contribution in [0, 0.1) is 5.82 Å². The predicted octanol–water partition coefficient (Wildman–Crippen LogP) is 4.56. The van der Waals surface area contributed by atoms with E-state index in [-0.39, 0.29) is 23.0 Å². The first kappa shape index (κ1) is 17.8. The predicted molar refractivity (Wildman–Crippen MR) is 107 cm³/mol. The highest BCUT2D eigenvalue weighted by Crippen LogP contribution is 2.35. The molecule has 0 saturated heterocycles. The third kappa shape index (κ3) is 3.00. The van der Waals surface area contributed by atoms with Crippen LogP contribution < -0.4 is 16.0 Å². The van der Waals surface area contributed by atoms with Gasteiger partial charge in [-0.3, -0.25) is 4.79 Å². The van der Waals surface area contributed by atoms with E-state index in [4.69, 9.17) is 10.5 Å². The number of hydrogen-bond donors (Lipinski definition) is 3. The SMILES string of the molecule is CC(C)c1cccc(F)c1Oc1ccc(-c2c[nH]c3c(=O)[nH]nc(N)c23)cc1. The van der Waals surface area contributed by atoms with Crippen LogP contribution in [-0.4, -0.2) is 15.2 Å². The Bertz CT molecular complexity index is 1210. The molecule has 0 fully saturated rings. The van der Waals surface area contributed by atoms with E-state index in [0.29, 0.717) is 16.7 Å². The molecule has 0 saturated carbocycles. The topological polar surface area (TPSA) is 96.8 Å². The number of nitrogen functional groups attached to an aromatic ring is 1. The lowest BCUT2D eigenvalue weighted by molar-refractivity contribution is 0.433. The number of fused-ring (bicyclic) bond motifs is 1. The van der Waals surface area contributed by atoms with Gasteiger partial charge in [0, 0.05) is 17.3 Å². The van der Waals surface area contributed by atoms with E-state index < -0.39 is 5.82 Å². The Morgan fingerprint density at radius 1 is 1.14 bits per heavy atom. The number of benzene rings is 2. The van der Waals surface area contributed by atoms with Crippen molar-refractivity contribution in [1.29, 1.82) is 0 Å². The molecule has 0 aliphatic rings. The molecule has 0 aliphatic heterocycles. The molecule has 0 spiro atoms. The fourth-order valence-corrected chi connectivity index (χ4v) is 3.23. The zero-order valence-corrected chi connectivity index (χ0v) is 15.4. The van der Waals surface area contributed by atoms with Crippen LogP contribution >= 0.6 is 0 Å². The first-order valence-corrected chi connectivity index (χ1v) is 8.87. The molecule has 142 valence electrons. The highest BCUT2D eigenvalue weighted by molar-refractivity contribution is 6.01. The van der Waals surface area contributed by atoms with Gasteiger partial charge in [-0.05, 0) is 29.7 Å². The molecule has 0 bridgehead atoms. The van der Waals surface area contributed by atoms with Crippen molar-refractivity contribution in [3.05, 3.63) is 70.4 Å². The standard InChI is InChI=1S/C21H19FN4O2/c1-11(2)14-4-3-5-16(22)19(14)28-13-8-6-12(7-9-13)15-10-24-18-17(15)20(23)25-26-21(18)27/h3-11,24H,1-2H3,(H2,23,25)(H,26,27). The highest BCUT2D eigenvalue weighted by Gasteiger charge is 2.15. The van der Waals surface area contributed by atoms with E-state index >= 15 is 0 Å². The molecular formula is C21H19FN4O2. The second-order valence-corrected chi connectivity index (χ2v) is 6.83. The summed E-state index contributed by atoms with van der Waals surface area (Å²) in [5, 5.41) is 6.74. The van der Waals surface area contributed by atoms with Gasteiger partial charge in [0.05, 0.1) is 5.39 Å². The van der Waals surface area contributed by atoms with Gasteiger partial charge in [0.2, 0.25) is 0 Å². The van der Waals surface area contributed by atoms with Crippen LogP contribution in [0.15, 0.2) is 53.5 Å². The molecule has 0 atom stereocenters. The summed E-state index contributed by atoms with van der Waals surface area (Å²) in [6, 6.07) is 12.1. The Hall–Kier alpha value is -3.61. The van der Waals surface area contributed by atoms with Crippen molar-refractivity contribution < 1.29 is 9.13 Å². The van der Waals surface area contributed by atoms with E-state index in [0.717, 1.165) is 16.7 Å². The monoisotopic (exact) mass is 378 g/mol. The van der Waals surface area contributed by atoms with Crippen molar-refractivity contribution in [1.82, 2.24) is 15.2 Å². The molecule has 0 unspecified atom stereocenters. The fraction of sp³-hybridized carbons (Fsp3) is 0.143. The van der Waals surface area contributed by atoms with Crippen LogP contribution in [0.3, 0.4) is 0 Å². The van der Waals surface area contributed by atoms with E-state index in [1.165, 1.54) is 6.07 Å². The Morgan fingerprint density at radius 3 is 2.61 bits per heavy atom. The van der Waals surface area contributed by atoms with Crippen LogP contribution in [0.4, 0.5) is 10.2 Å². The van der Waals surface area contributed by atoms with Gasteiger partial charge in [-0.25, -0.2) is 9.49 Å². The average Bonchev–Trinajstić information content (AvgIpc) is 3.13. The maximum absolute atomic E-state index is 14.3. The third-order valence-corrected chi connectivity index (χ3v) is 4.65. The van der Waals surface area contributed by atoms with Crippen LogP contribution in [0.1, 0.15) is 25.3 Å². The second-order valence-electron chi connectivity index (χ2n) is 6.83.